The van der Waals surface area contributed by atoms with Crippen LogP contribution < -0.4 is 10.6 Å². The second-order valence-corrected chi connectivity index (χ2v) is 5.13. The first-order valence-corrected chi connectivity index (χ1v) is 6.45. The van der Waals surface area contributed by atoms with Crippen molar-refractivity contribution in [2.24, 2.45) is 0 Å². The number of urea groups is 1. The van der Waals surface area contributed by atoms with Gasteiger partial charge < -0.3 is 15.7 Å². The second-order valence-electron chi connectivity index (χ2n) is 5.13. The largest absolute Gasteiger partial charge is 0.481 e. The van der Waals surface area contributed by atoms with Gasteiger partial charge in [-0.3, -0.25) is 4.79 Å². The molecule has 0 aliphatic heterocycles. The molecule has 116 valence electrons. The molecule has 1 rings (SSSR count). The summed E-state index contributed by atoms with van der Waals surface area (Å²) in [5.74, 6) is -2.86. The molecule has 0 aliphatic carbocycles. The number of carboxylic acid groups (broad SMARTS) is 1. The lowest BCUT2D eigenvalue weighted by Crippen LogP contribution is -2.46. The Morgan fingerprint density at radius 2 is 1.90 bits per heavy atom. The molecule has 0 saturated carbocycles. The minimum Gasteiger partial charge on any atom is -0.481 e. The van der Waals surface area contributed by atoms with E-state index in [2.05, 4.69) is 10.6 Å². The molecule has 0 aliphatic rings. The number of aliphatic carboxylic acids is 1. The first kappa shape index (κ1) is 16.9. The number of amides is 2. The summed E-state index contributed by atoms with van der Waals surface area (Å²) in [5.41, 5.74) is -0.479. The number of rotatable bonds is 6. The van der Waals surface area contributed by atoms with Gasteiger partial charge in [0.25, 0.3) is 0 Å². The summed E-state index contributed by atoms with van der Waals surface area (Å²) in [6.45, 7) is 3.51. The second kappa shape index (κ2) is 7.01. The van der Waals surface area contributed by atoms with E-state index in [0.717, 1.165) is 12.1 Å². The van der Waals surface area contributed by atoms with Crippen molar-refractivity contribution < 1.29 is 23.5 Å². The number of hydrogen-bond donors (Lipinski definition) is 3. The molecule has 0 atom stereocenters. The highest BCUT2D eigenvalue weighted by atomic mass is 19.2. The van der Waals surface area contributed by atoms with Crippen LogP contribution in [0.3, 0.4) is 0 Å². The van der Waals surface area contributed by atoms with E-state index >= 15 is 0 Å². The summed E-state index contributed by atoms with van der Waals surface area (Å²) in [5, 5.41) is 13.6. The molecule has 0 saturated heterocycles. The van der Waals surface area contributed by atoms with E-state index in [1.807, 2.05) is 0 Å². The minimum absolute atomic E-state index is 0.0349. The molecular formula is C14H18F2N2O3. The smallest absolute Gasteiger partial charge is 0.315 e. The predicted molar refractivity (Wildman–Crippen MR) is 72.8 cm³/mol. The van der Waals surface area contributed by atoms with Crippen molar-refractivity contribution in [3.63, 3.8) is 0 Å². The number of halogens is 2. The molecule has 1 aromatic carbocycles. The molecule has 5 nitrogen and oxygen atoms in total. The van der Waals surface area contributed by atoms with Crippen LogP contribution in [0.5, 0.6) is 0 Å². The van der Waals surface area contributed by atoms with E-state index in [1.165, 1.54) is 6.07 Å². The first-order chi connectivity index (χ1) is 9.72. The third kappa shape index (κ3) is 5.37. The van der Waals surface area contributed by atoms with Crippen LogP contribution in [0.4, 0.5) is 13.6 Å². The molecular weight excluding hydrogens is 282 g/mol. The fourth-order valence-corrected chi connectivity index (χ4v) is 1.73. The van der Waals surface area contributed by atoms with Crippen LogP contribution in [-0.4, -0.2) is 23.7 Å². The van der Waals surface area contributed by atoms with Crippen molar-refractivity contribution in [3.8, 4) is 0 Å². The molecule has 0 spiro atoms. The zero-order chi connectivity index (χ0) is 16.0. The van der Waals surface area contributed by atoms with Crippen molar-refractivity contribution in [2.75, 3.05) is 6.54 Å². The van der Waals surface area contributed by atoms with Gasteiger partial charge in [-0.05, 0) is 38.0 Å². The standard InChI is InChI=1S/C14H18F2N2O3/c1-14(2,9-5-6-10(15)11(16)8-9)18-13(21)17-7-3-4-12(19)20/h5-6,8H,3-4,7H2,1-2H3,(H,19,20)(H2,17,18,21). The Hall–Kier alpha value is -2.18. The van der Waals surface area contributed by atoms with Gasteiger partial charge in [-0.15, -0.1) is 0 Å². The summed E-state index contributed by atoms with van der Waals surface area (Å²) in [6.07, 6.45) is 0.279. The lowest BCUT2D eigenvalue weighted by Gasteiger charge is -2.27. The maximum atomic E-state index is 13.2. The van der Waals surface area contributed by atoms with Gasteiger partial charge in [0.2, 0.25) is 0 Å². The van der Waals surface area contributed by atoms with E-state index in [1.54, 1.807) is 13.8 Å². The summed E-state index contributed by atoms with van der Waals surface area (Å²) >= 11 is 0. The van der Waals surface area contributed by atoms with Gasteiger partial charge in [0.05, 0.1) is 5.54 Å². The molecule has 0 heterocycles. The Balaban J connectivity index is 2.56. The SMILES string of the molecule is CC(C)(NC(=O)NCCCC(=O)O)c1ccc(F)c(F)c1. The molecule has 2 amide bonds. The summed E-state index contributed by atoms with van der Waals surface area (Å²) in [7, 11) is 0. The average molecular weight is 300 g/mol. The zero-order valence-corrected chi connectivity index (χ0v) is 11.9. The van der Waals surface area contributed by atoms with Crippen molar-refractivity contribution in [3.05, 3.63) is 35.4 Å². The van der Waals surface area contributed by atoms with Crippen molar-refractivity contribution >= 4 is 12.0 Å². The number of benzene rings is 1. The van der Waals surface area contributed by atoms with E-state index in [-0.39, 0.29) is 13.0 Å². The highest BCUT2D eigenvalue weighted by Gasteiger charge is 2.23. The summed E-state index contributed by atoms with van der Waals surface area (Å²) < 4.78 is 26.1. The van der Waals surface area contributed by atoms with Crippen LogP contribution in [0.25, 0.3) is 0 Å². The van der Waals surface area contributed by atoms with Gasteiger partial charge in [-0.1, -0.05) is 6.07 Å². The highest BCUT2D eigenvalue weighted by molar-refractivity contribution is 5.75. The fourth-order valence-electron chi connectivity index (χ4n) is 1.73. The third-order valence-corrected chi connectivity index (χ3v) is 2.92. The Morgan fingerprint density at radius 1 is 1.24 bits per heavy atom. The van der Waals surface area contributed by atoms with E-state index in [0.29, 0.717) is 12.0 Å². The first-order valence-electron chi connectivity index (χ1n) is 6.45. The highest BCUT2D eigenvalue weighted by Crippen LogP contribution is 2.21. The van der Waals surface area contributed by atoms with Crippen LogP contribution in [0.1, 0.15) is 32.3 Å². The van der Waals surface area contributed by atoms with Crippen LogP contribution in [0.15, 0.2) is 18.2 Å². The van der Waals surface area contributed by atoms with E-state index < -0.39 is 29.2 Å². The van der Waals surface area contributed by atoms with E-state index in [4.69, 9.17) is 5.11 Å². The normalized spacial score (nSPS) is 11.0. The van der Waals surface area contributed by atoms with Gasteiger partial charge in [-0.25, -0.2) is 13.6 Å². The van der Waals surface area contributed by atoms with Crippen LogP contribution >= 0.6 is 0 Å². The molecule has 0 fully saturated rings. The van der Waals surface area contributed by atoms with Crippen molar-refractivity contribution in [2.45, 2.75) is 32.2 Å². The van der Waals surface area contributed by atoms with E-state index in [9.17, 15) is 18.4 Å². The van der Waals surface area contributed by atoms with Gasteiger partial charge in [-0.2, -0.15) is 0 Å². The van der Waals surface area contributed by atoms with Gasteiger partial charge in [0.15, 0.2) is 11.6 Å². The Morgan fingerprint density at radius 3 is 2.48 bits per heavy atom. The molecule has 1 aromatic rings. The third-order valence-electron chi connectivity index (χ3n) is 2.92. The Kier molecular flexibility index (Phi) is 5.63. The maximum absolute atomic E-state index is 13.2. The maximum Gasteiger partial charge on any atom is 0.315 e. The van der Waals surface area contributed by atoms with Crippen molar-refractivity contribution in [1.29, 1.82) is 0 Å². The average Bonchev–Trinajstić information content (AvgIpc) is 2.37. The molecule has 0 aromatic heterocycles. The number of hydrogen-bond acceptors (Lipinski definition) is 2. The number of carbonyl (C=O) groups excluding carboxylic acids is 1. The monoisotopic (exact) mass is 300 g/mol. The molecule has 21 heavy (non-hydrogen) atoms. The quantitative estimate of drug-likeness (QED) is 0.706. The molecule has 3 N–H and O–H groups in total. The number of nitrogens with one attached hydrogen (secondary N) is 2. The van der Waals surface area contributed by atoms with Gasteiger partial charge in [0.1, 0.15) is 0 Å². The number of carbonyl (C=O) groups is 2. The van der Waals surface area contributed by atoms with Crippen LogP contribution in [0, 0.1) is 11.6 Å². The molecule has 0 unspecified atom stereocenters. The van der Waals surface area contributed by atoms with Crippen molar-refractivity contribution in [1.82, 2.24) is 10.6 Å². The predicted octanol–water partition coefficient (Wildman–Crippen LogP) is 2.36. The van der Waals surface area contributed by atoms with Gasteiger partial charge >= 0.3 is 12.0 Å². The van der Waals surface area contributed by atoms with Crippen LogP contribution in [-0.2, 0) is 10.3 Å². The minimum atomic E-state index is -0.982. The topological polar surface area (TPSA) is 78.4 Å². The zero-order valence-electron chi connectivity index (χ0n) is 11.9. The fraction of sp³-hybridized carbons (Fsp3) is 0.429. The van der Waals surface area contributed by atoms with Gasteiger partial charge in [0, 0.05) is 13.0 Å². The lowest BCUT2D eigenvalue weighted by atomic mass is 9.94. The molecule has 7 heteroatoms. The molecule has 0 bridgehead atoms. The molecule has 0 radical (unpaired) electrons. The lowest BCUT2D eigenvalue weighted by molar-refractivity contribution is -0.137. The van der Waals surface area contributed by atoms with Crippen LogP contribution in [0.2, 0.25) is 0 Å². The Bertz CT molecular complexity index is 533. The summed E-state index contributed by atoms with van der Waals surface area (Å²) in [6, 6.07) is 2.91. The summed E-state index contributed by atoms with van der Waals surface area (Å²) in [4.78, 5) is 22.0. The number of carboxylic acids is 1. The Labute approximate surface area is 121 Å².